The Morgan fingerprint density at radius 2 is 2.33 bits per heavy atom. The molecule has 2 N–H and O–H groups in total. The zero-order valence-corrected chi connectivity index (χ0v) is 11.7. The number of hydrogen-bond donors (Lipinski definition) is 2. The van der Waals surface area contributed by atoms with E-state index in [1.54, 1.807) is 0 Å². The number of carboxylic acids is 1. The number of halogens is 1. The number of benzene rings is 1. The van der Waals surface area contributed by atoms with Gasteiger partial charge in [-0.2, -0.15) is 5.26 Å². The predicted octanol–water partition coefficient (Wildman–Crippen LogP) is 3.25. The lowest BCUT2D eigenvalue weighted by atomic mass is 9.81. The van der Waals surface area contributed by atoms with Gasteiger partial charge in [0.1, 0.15) is 11.2 Å². The largest absolute Gasteiger partial charge is 0.481 e. The minimum Gasteiger partial charge on any atom is -0.481 e. The van der Waals surface area contributed by atoms with Crippen LogP contribution in [-0.4, -0.2) is 16.1 Å². The van der Waals surface area contributed by atoms with Crippen LogP contribution in [-0.2, 0) is 16.6 Å². The molecule has 1 aliphatic carbocycles. The van der Waals surface area contributed by atoms with E-state index in [4.69, 9.17) is 0 Å². The van der Waals surface area contributed by atoms with Crippen molar-refractivity contribution >= 4 is 16.9 Å². The highest BCUT2D eigenvalue weighted by Gasteiger charge is 2.47. The number of aromatic nitrogens is 1. The Hall–Kier alpha value is -2.35. The van der Waals surface area contributed by atoms with E-state index in [0.717, 1.165) is 12.0 Å². The molecule has 0 saturated heterocycles. The molecule has 0 aliphatic heterocycles. The van der Waals surface area contributed by atoms with E-state index in [2.05, 4.69) is 11.1 Å². The maximum absolute atomic E-state index is 14.0. The van der Waals surface area contributed by atoms with Crippen molar-refractivity contribution in [3.05, 3.63) is 34.8 Å². The van der Waals surface area contributed by atoms with E-state index in [1.165, 1.54) is 12.1 Å². The van der Waals surface area contributed by atoms with Crippen LogP contribution < -0.4 is 0 Å². The molecule has 1 heterocycles. The first-order valence-electron chi connectivity index (χ1n) is 7.02. The fraction of sp³-hybridized carbons (Fsp3) is 0.375. The Kier molecular flexibility index (Phi) is 2.98. The van der Waals surface area contributed by atoms with Gasteiger partial charge in [0.2, 0.25) is 0 Å². The van der Waals surface area contributed by atoms with E-state index in [1.807, 2.05) is 6.92 Å². The number of carboxylic acid groups (broad SMARTS) is 1. The molecule has 1 unspecified atom stereocenters. The molecule has 1 aromatic heterocycles. The van der Waals surface area contributed by atoms with Crippen molar-refractivity contribution in [2.24, 2.45) is 0 Å². The first-order chi connectivity index (χ1) is 10.0. The van der Waals surface area contributed by atoms with Crippen molar-refractivity contribution in [2.45, 2.75) is 38.0 Å². The molecule has 0 radical (unpaired) electrons. The quantitative estimate of drug-likeness (QED) is 0.909. The molecule has 1 atom stereocenters. The number of aromatic amines is 1. The molecule has 1 aliphatic rings. The van der Waals surface area contributed by atoms with Gasteiger partial charge in [-0.1, -0.05) is 13.3 Å². The number of rotatable bonds is 3. The zero-order chi connectivity index (χ0) is 15.2. The minimum absolute atomic E-state index is 0.250. The van der Waals surface area contributed by atoms with Crippen molar-refractivity contribution in [3.8, 4) is 6.07 Å². The number of carbonyl (C=O) groups is 1. The third-order valence-corrected chi connectivity index (χ3v) is 4.49. The Morgan fingerprint density at radius 3 is 2.95 bits per heavy atom. The summed E-state index contributed by atoms with van der Waals surface area (Å²) in [5.41, 5.74) is 1.02. The third-order valence-electron chi connectivity index (χ3n) is 4.49. The summed E-state index contributed by atoms with van der Waals surface area (Å²) in [5, 5.41) is 19.4. The summed E-state index contributed by atoms with van der Waals surface area (Å²) in [6.45, 7) is 1.94. The SMILES string of the molecule is CCCC1(C(=O)O)CCc2c1[nH]c1c(F)ccc(C#N)c21. The van der Waals surface area contributed by atoms with Gasteiger partial charge in [0.05, 0.1) is 17.1 Å². The van der Waals surface area contributed by atoms with Crippen molar-refractivity contribution in [1.82, 2.24) is 4.98 Å². The van der Waals surface area contributed by atoms with Gasteiger partial charge in [-0.25, -0.2) is 4.39 Å². The van der Waals surface area contributed by atoms with Crippen molar-refractivity contribution in [3.63, 3.8) is 0 Å². The van der Waals surface area contributed by atoms with Crippen LogP contribution in [0.3, 0.4) is 0 Å². The minimum atomic E-state index is -0.984. The van der Waals surface area contributed by atoms with Crippen molar-refractivity contribution in [2.75, 3.05) is 0 Å². The van der Waals surface area contributed by atoms with Gasteiger partial charge in [-0.05, 0) is 37.0 Å². The number of hydrogen-bond acceptors (Lipinski definition) is 2. The van der Waals surface area contributed by atoms with E-state index in [-0.39, 0.29) is 5.52 Å². The smallest absolute Gasteiger partial charge is 0.315 e. The van der Waals surface area contributed by atoms with E-state index >= 15 is 0 Å². The molecule has 0 amide bonds. The van der Waals surface area contributed by atoms with Gasteiger partial charge in [-0.3, -0.25) is 4.79 Å². The second-order valence-corrected chi connectivity index (χ2v) is 5.57. The summed E-state index contributed by atoms with van der Waals surface area (Å²) in [7, 11) is 0. The Labute approximate surface area is 121 Å². The second kappa shape index (κ2) is 4.59. The first kappa shape index (κ1) is 13.6. The highest BCUT2D eigenvalue weighted by Crippen LogP contribution is 2.46. The molecular weight excluding hydrogens is 271 g/mol. The number of aryl methyl sites for hydroxylation is 1. The highest BCUT2D eigenvalue weighted by molar-refractivity contribution is 5.94. The first-order valence-corrected chi connectivity index (χ1v) is 7.02. The number of aliphatic carboxylic acids is 1. The number of fused-ring (bicyclic) bond motifs is 3. The van der Waals surface area contributed by atoms with Crippen LogP contribution in [0.15, 0.2) is 12.1 Å². The average Bonchev–Trinajstić information content (AvgIpc) is 3.00. The molecule has 2 aromatic rings. The lowest BCUT2D eigenvalue weighted by Crippen LogP contribution is -2.33. The van der Waals surface area contributed by atoms with Gasteiger partial charge >= 0.3 is 5.97 Å². The molecular formula is C16H15FN2O2. The number of H-pyrrole nitrogens is 1. The van der Waals surface area contributed by atoms with Gasteiger partial charge in [0.25, 0.3) is 0 Å². The topological polar surface area (TPSA) is 76.9 Å². The Balaban J connectivity index is 2.35. The van der Waals surface area contributed by atoms with Gasteiger partial charge in [0, 0.05) is 11.1 Å². The molecule has 0 fully saturated rings. The van der Waals surface area contributed by atoms with Gasteiger partial charge in [-0.15, -0.1) is 0 Å². The molecule has 5 heteroatoms. The lowest BCUT2D eigenvalue weighted by molar-refractivity contribution is -0.144. The van der Waals surface area contributed by atoms with E-state index in [0.29, 0.717) is 35.9 Å². The molecule has 108 valence electrons. The molecule has 4 nitrogen and oxygen atoms in total. The molecule has 0 spiro atoms. The number of nitriles is 1. The van der Waals surface area contributed by atoms with Crippen LogP contribution >= 0.6 is 0 Å². The molecule has 0 bridgehead atoms. The maximum atomic E-state index is 14.0. The van der Waals surface area contributed by atoms with Crippen molar-refractivity contribution in [1.29, 1.82) is 5.26 Å². The third kappa shape index (κ3) is 1.69. The lowest BCUT2D eigenvalue weighted by Gasteiger charge is -2.23. The Morgan fingerprint density at radius 1 is 1.57 bits per heavy atom. The number of nitrogens with one attached hydrogen (secondary N) is 1. The average molecular weight is 286 g/mol. The second-order valence-electron chi connectivity index (χ2n) is 5.57. The van der Waals surface area contributed by atoms with Crippen LogP contribution in [0.1, 0.15) is 43.0 Å². The summed E-state index contributed by atoms with van der Waals surface area (Å²) in [4.78, 5) is 14.8. The fourth-order valence-corrected chi connectivity index (χ4v) is 3.55. The summed E-state index contributed by atoms with van der Waals surface area (Å²) in [6, 6.07) is 4.76. The van der Waals surface area contributed by atoms with Crippen LogP contribution in [0.25, 0.3) is 10.9 Å². The zero-order valence-electron chi connectivity index (χ0n) is 11.7. The number of nitrogens with zero attached hydrogens (tertiary/aromatic N) is 1. The predicted molar refractivity (Wildman–Crippen MR) is 75.5 cm³/mol. The Bertz CT molecular complexity index is 788. The van der Waals surface area contributed by atoms with Crippen LogP contribution in [0.2, 0.25) is 0 Å². The summed E-state index contributed by atoms with van der Waals surface area (Å²) in [5.74, 6) is -1.33. The fourth-order valence-electron chi connectivity index (χ4n) is 3.55. The molecule has 0 saturated carbocycles. The van der Waals surface area contributed by atoms with Crippen LogP contribution in [0, 0.1) is 17.1 Å². The standard InChI is InChI=1S/C16H15FN2O2/c1-2-6-16(15(20)21)7-5-10-12-9(8-18)3-4-11(17)13(12)19-14(10)16/h3-4,19H,2,5-7H2,1H3,(H,20,21). The summed E-state index contributed by atoms with van der Waals surface area (Å²) >= 11 is 0. The van der Waals surface area contributed by atoms with E-state index < -0.39 is 17.2 Å². The molecule has 3 rings (SSSR count). The van der Waals surface area contributed by atoms with Gasteiger partial charge < -0.3 is 10.1 Å². The van der Waals surface area contributed by atoms with Crippen LogP contribution in [0.5, 0.6) is 0 Å². The molecule has 21 heavy (non-hydrogen) atoms. The normalized spacial score (nSPS) is 20.4. The monoisotopic (exact) mass is 286 g/mol. The van der Waals surface area contributed by atoms with Gasteiger partial charge in [0.15, 0.2) is 0 Å². The van der Waals surface area contributed by atoms with Crippen LogP contribution in [0.4, 0.5) is 4.39 Å². The summed E-state index contributed by atoms with van der Waals surface area (Å²) < 4.78 is 14.0. The van der Waals surface area contributed by atoms with E-state index in [9.17, 15) is 19.6 Å². The molecule has 1 aromatic carbocycles. The highest BCUT2D eigenvalue weighted by atomic mass is 19.1. The summed E-state index contributed by atoms with van der Waals surface area (Å²) in [6.07, 6.45) is 2.29. The van der Waals surface area contributed by atoms with Crippen molar-refractivity contribution < 1.29 is 14.3 Å². The maximum Gasteiger partial charge on any atom is 0.315 e.